The number of hydrogen-bond donors (Lipinski definition) is 0. The van der Waals surface area contributed by atoms with Crippen LogP contribution in [0, 0.1) is 0 Å². The van der Waals surface area contributed by atoms with Crippen LogP contribution >= 0.6 is 0 Å². The number of ether oxygens (including phenoxy) is 3. The number of methoxy groups -OCH3 is 3. The van der Waals surface area contributed by atoms with Gasteiger partial charge in [-0.1, -0.05) is 0 Å². The third-order valence-electron chi connectivity index (χ3n) is 3.94. The lowest BCUT2D eigenvalue weighted by Gasteiger charge is -2.38. The molecule has 0 aliphatic carbocycles. The Hall–Kier alpha value is 0.548. The molecule has 0 saturated heterocycles. The molecule has 182 valence electrons. The second-order valence-electron chi connectivity index (χ2n) is 9.18. The summed E-state index contributed by atoms with van der Waals surface area (Å²) in [6.45, 7) is 18.1. The van der Waals surface area contributed by atoms with E-state index in [1.165, 1.54) is 0 Å². The van der Waals surface area contributed by atoms with E-state index in [2.05, 4.69) is 45.8 Å². The summed E-state index contributed by atoms with van der Waals surface area (Å²) in [5.41, 5.74) is 0. The van der Waals surface area contributed by atoms with Crippen LogP contribution in [-0.4, -0.2) is 95.0 Å². The maximum Gasteiger partial charge on any atom is 0.500 e. The van der Waals surface area contributed by atoms with E-state index >= 15 is 0 Å². The average molecular weight is 503 g/mol. The molecule has 0 aliphatic rings. The van der Waals surface area contributed by atoms with Gasteiger partial charge in [-0.05, 0) is 51.9 Å². The predicted molar refractivity (Wildman–Crippen MR) is 129 cm³/mol. The minimum Gasteiger partial charge on any atom is -0.437 e. The van der Waals surface area contributed by atoms with Crippen LogP contribution in [0.2, 0.25) is 57.9 Å². The molecule has 30 heavy (non-hydrogen) atoms. The quantitative estimate of drug-likeness (QED) is 0.196. The molecular formula is C18H46O8Si4. The van der Waals surface area contributed by atoms with Crippen LogP contribution < -0.4 is 0 Å². The minimum absolute atomic E-state index is 0.421. The van der Waals surface area contributed by atoms with E-state index < -0.39 is 34.0 Å². The molecule has 0 saturated carbocycles. The van der Waals surface area contributed by atoms with E-state index in [0.717, 1.165) is 6.04 Å². The number of rotatable bonds is 19. The van der Waals surface area contributed by atoms with E-state index in [9.17, 15) is 0 Å². The first-order chi connectivity index (χ1) is 13.8. The smallest absolute Gasteiger partial charge is 0.437 e. The summed E-state index contributed by atoms with van der Waals surface area (Å²) >= 11 is 0. The first-order valence-electron chi connectivity index (χ1n) is 10.6. The van der Waals surface area contributed by atoms with Gasteiger partial charge in [0.15, 0.2) is 16.6 Å². The molecule has 0 aromatic heterocycles. The van der Waals surface area contributed by atoms with Gasteiger partial charge < -0.3 is 35.7 Å². The van der Waals surface area contributed by atoms with E-state index in [1.807, 2.05) is 0 Å². The van der Waals surface area contributed by atoms with Gasteiger partial charge in [0.1, 0.15) is 0 Å². The number of hydrogen-bond acceptors (Lipinski definition) is 8. The second kappa shape index (κ2) is 14.6. The van der Waals surface area contributed by atoms with Crippen molar-refractivity contribution in [3.05, 3.63) is 0 Å². The average Bonchev–Trinajstić information content (AvgIpc) is 2.57. The fourth-order valence-corrected chi connectivity index (χ4v) is 20.8. The highest BCUT2D eigenvalue weighted by atomic mass is 28.5. The van der Waals surface area contributed by atoms with Gasteiger partial charge in [0.2, 0.25) is 0 Å². The molecule has 0 spiro atoms. The summed E-state index contributed by atoms with van der Waals surface area (Å²) in [5, 5.41) is 0. The molecule has 8 nitrogen and oxygen atoms in total. The molecule has 0 heterocycles. The van der Waals surface area contributed by atoms with Crippen molar-refractivity contribution in [3.63, 3.8) is 0 Å². The Labute approximate surface area is 188 Å². The van der Waals surface area contributed by atoms with Gasteiger partial charge in [0.25, 0.3) is 0 Å². The zero-order valence-electron chi connectivity index (χ0n) is 20.9. The Kier molecular flexibility index (Phi) is 14.9. The third-order valence-corrected chi connectivity index (χ3v) is 17.3. The molecule has 0 rings (SSSR count). The monoisotopic (exact) mass is 502 g/mol. The van der Waals surface area contributed by atoms with Crippen LogP contribution in [0.5, 0.6) is 0 Å². The van der Waals surface area contributed by atoms with Crippen molar-refractivity contribution in [1.82, 2.24) is 0 Å². The summed E-state index contributed by atoms with van der Waals surface area (Å²) in [6, 6.07) is 1.54. The molecule has 0 radical (unpaired) electrons. The standard InChI is InChI=1S/C18H46O8Si4/c1-19-11-14-22-30(23-15-12-20-2,24-16-13-21-3)18-17-28(7,8)26-29(9,10)25-27(4,5)6/h11-18H2,1-10H3. The Balaban J connectivity index is 5.25. The lowest BCUT2D eigenvalue weighted by molar-refractivity contribution is 0.0152. The van der Waals surface area contributed by atoms with E-state index in [-0.39, 0.29) is 0 Å². The molecule has 12 heteroatoms. The first kappa shape index (κ1) is 30.5. The maximum absolute atomic E-state index is 6.65. The molecule has 0 aromatic carbocycles. The molecular weight excluding hydrogens is 457 g/mol. The van der Waals surface area contributed by atoms with Crippen LogP contribution in [-0.2, 0) is 35.7 Å². The molecule has 0 amide bonds. The highest BCUT2D eigenvalue weighted by molar-refractivity contribution is 6.87. The molecule has 0 bridgehead atoms. The van der Waals surface area contributed by atoms with Gasteiger partial charge in [0.05, 0.1) is 39.6 Å². The van der Waals surface area contributed by atoms with E-state index in [4.69, 9.17) is 35.7 Å². The Bertz CT molecular complexity index is 420. The molecule has 0 atom stereocenters. The fraction of sp³-hybridized carbons (Fsp3) is 1.00. The summed E-state index contributed by atoms with van der Waals surface area (Å²) in [6.07, 6.45) is 0. The van der Waals surface area contributed by atoms with Gasteiger partial charge in [-0.2, -0.15) is 0 Å². The van der Waals surface area contributed by atoms with Crippen LogP contribution in [0.3, 0.4) is 0 Å². The summed E-state index contributed by atoms with van der Waals surface area (Å²) in [7, 11) is -3.89. The van der Waals surface area contributed by atoms with Crippen molar-refractivity contribution in [1.29, 1.82) is 0 Å². The first-order valence-corrected chi connectivity index (χ1v) is 21.9. The molecule has 0 aromatic rings. The zero-order valence-corrected chi connectivity index (χ0v) is 24.9. The van der Waals surface area contributed by atoms with Crippen molar-refractivity contribution in [3.8, 4) is 0 Å². The zero-order chi connectivity index (χ0) is 23.3. The van der Waals surface area contributed by atoms with Gasteiger partial charge in [-0.3, -0.25) is 0 Å². The minimum atomic E-state index is -2.94. The lowest BCUT2D eigenvalue weighted by atomic mass is 10.8. The lowest BCUT2D eigenvalue weighted by Crippen LogP contribution is -2.53. The molecule has 0 aliphatic heterocycles. The SMILES string of the molecule is COCCO[Si](CC[Si](C)(C)O[Si](C)(C)O[Si](C)(C)C)(OCCOC)OCCOC. The summed E-state index contributed by atoms with van der Waals surface area (Å²) < 4.78 is 47.1. The fourth-order valence-electron chi connectivity index (χ4n) is 3.11. The molecule has 0 fully saturated rings. The molecule has 0 unspecified atom stereocenters. The van der Waals surface area contributed by atoms with Gasteiger partial charge >= 0.3 is 17.4 Å². The predicted octanol–water partition coefficient (Wildman–Crippen LogP) is 3.69. The normalized spacial score (nSPS) is 13.8. The van der Waals surface area contributed by atoms with Crippen LogP contribution in [0.4, 0.5) is 0 Å². The van der Waals surface area contributed by atoms with Crippen molar-refractivity contribution in [2.24, 2.45) is 0 Å². The maximum atomic E-state index is 6.65. The Morgan fingerprint density at radius 1 is 0.500 bits per heavy atom. The molecule has 0 N–H and O–H groups in total. The summed E-state index contributed by atoms with van der Waals surface area (Å²) in [5.74, 6) is 0. The highest BCUT2D eigenvalue weighted by Gasteiger charge is 2.45. The highest BCUT2D eigenvalue weighted by Crippen LogP contribution is 2.28. The van der Waals surface area contributed by atoms with Crippen molar-refractivity contribution in [2.45, 2.75) is 57.9 Å². The second-order valence-corrected chi connectivity index (χ2v) is 24.6. The van der Waals surface area contributed by atoms with Gasteiger partial charge in [-0.25, -0.2) is 0 Å². The Morgan fingerprint density at radius 3 is 1.23 bits per heavy atom. The van der Waals surface area contributed by atoms with Crippen molar-refractivity contribution in [2.75, 3.05) is 61.0 Å². The topological polar surface area (TPSA) is 73.8 Å². The van der Waals surface area contributed by atoms with Crippen LogP contribution in [0.15, 0.2) is 0 Å². The summed E-state index contributed by atoms with van der Waals surface area (Å²) in [4.78, 5) is 0. The largest absolute Gasteiger partial charge is 0.500 e. The van der Waals surface area contributed by atoms with Crippen LogP contribution in [0.25, 0.3) is 0 Å². The van der Waals surface area contributed by atoms with Crippen molar-refractivity contribution >= 4 is 34.0 Å². The van der Waals surface area contributed by atoms with Gasteiger partial charge in [-0.15, -0.1) is 0 Å². The van der Waals surface area contributed by atoms with Crippen LogP contribution in [0.1, 0.15) is 0 Å². The van der Waals surface area contributed by atoms with Crippen molar-refractivity contribution < 1.29 is 35.7 Å². The third kappa shape index (κ3) is 15.4. The Morgan fingerprint density at radius 2 is 0.900 bits per heavy atom. The van der Waals surface area contributed by atoms with E-state index in [0.29, 0.717) is 45.7 Å². The van der Waals surface area contributed by atoms with Gasteiger partial charge in [0, 0.05) is 27.4 Å². The van der Waals surface area contributed by atoms with E-state index in [1.54, 1.807) is 21.3 Å².